The van der Waals surface area contributed by atoms with Crippen LogP contribution in [0.3, 0.4) is 0 Å². The van der Waals surface area contributed by atoms with E-state index in [1.54, 1.807) is 0 Å². The average molecular weight is 240 g/mol. The van der Waals surface area contributed by atoms with Gasteiger partial charge >= 0.3 is 0 Å². The summed E-state index contributed by atoms with van der Waals surface area (Å²) in [6.45, 7) is 8.08. The van der Waals surface area contributed by atoms with Crippen LogP contribution in [0.5, 0.6) is 5.75 Å². The maximum Gasteiger partial charge on any atom is 0.140 e. The van der Waals surface area contributed by atoms with Gasteiger partial charge in [-0.3, -0.25) is 0 Å². The van der Waals surface area contributed by atoms with Gasteiger partial charge in [0.2, 0.25) is 0 Å². The Morgan fingerprint density at radius 3 is 3.00 bits per heavy atom. The summed E-state index contributed by atoms with van der Waals surface area (Å²) in [6, 6.07) is 5.77. The van der Waals surface area contributed by atoms with E-state index in [9.17, 15) is 0 Å². The molecule has 0 heterocycles. The SMILES string of the molecule is C=CCNCCCOc1c(C)cccc1Cl. The number of nitrogens with one attached hydrogen (secondary N) is 1. The Morgan fingerprint density at radius 2 is 2.31 bits per heavy atom. The molecule has 0 aliphatic carbocycles. The summed E-state index contributed by atoms with van der Waals surface area (Å²) in [4.78, 5) is 0. The molecule has 0 aliphatic rings. The second kappa shape index (κ2) is 7.31. The van der Waals surface area contributed by atoms with Crippen molar-refractivity contribution in [2.45, 2.75) is 13.3 Å². The third-order valence-corrected chi connectivity index (χ3v) is 2.49. The van der Waals surface area contributed by atoms with Gasteiger partial charge in [0, 0.05) is 6.54 Å². The molecule has 0 atom stereocenters. The molecule has 1 aromatic carbocycles. The van der Waals surface area contributed by atoms with E-state index in [2.05, 4.69) is 11.9 Å². The quantitative estimate of drug-likeness (QED) is 0.583. The Balaban J connectivity index is 2.29. The largest absolute Gasteiger partial charge is 0.492 e. The Kier molecular flexibility index (Phi) is 5.98. The smallest absolute Gasteiger partial charge is 0.140 e. The van der Waals surface area contributed by atoms with Gasteiger partial charge < -0.3 is 10.1 Å². The lowest BCUT2D eigenvalue weighted by Crippen LogP contribution is -2.17. The average Bonchev–Trinajstić information content (AvgIpc) is 2.26. The van der Waals surface area contributed by atoms with E-state index in [4.69, 9.17) is 16.3 Å². The van der Waals surface area contributed by atoms with Gasteiger partial charge in [-0.05, 0) is 31.5 Å². The van der Waals surface area contributed by atoms with Crippen molar-refractivity contribution in [1.82, 2.24) is 5.32 Å². The van der Waals surface area contributed by atoms with Gasteiger partial charge in [-0.15, -0.1) is 6.58 Å². The third-order valence-electron chi connectivity index (χ3n) is 2.20. The highest BCUT2D eigenvalue weighted by molar-refractivity contribution is 6.32. The van der Waals surface area contributed by atoms with E-state index in [0.29, 0.717) is 11.6 Å². The lowest BCUT2D eigenvalue weighted by Gasteiger charge is -2.10. The molecule has 1 N–H and O–H groups in total. The maximum absolute atomic E-state index is 6.04. The van der Waals surface area contributed by atoms with Crippen LogP contribution in [0.4, 0.5) is 0 Å². The lowest BCUT2D eigenvalue weighted by atomic mass is 10.2. The molecule has 1 aromatic rings. The molecule has 2 nitrogen and oxygen atoms in total. The fourth-order valence-corrected chi connectivity index (χ4v) is 1.65. The number of halogens is 1. The van der Waals surface area contributed by atoms with Crippen molar-refractivity contribution in [3.63, 3.8) is 0 Å². The standard InChI is InChI=1S/C13H18ClNO/c1-3-8-15-9-5-10-16-13-11(2)6-4-7-12(13)14/h3-4,6-7,15H,1,5,8-10H2,2H3. The van der Waals surface area contributed by atoms with E-state index >= 15 is 0 Å². The molecular formula is C13H18ClNO. The molecule has 0 amide bonds. The molecule has 0 bridgehead atoms. The minimum Gasteiger partial charge on any atom is -0.492 e. The highest BCUT2D eigenvalue weighted by Gasteiger charge is 2.03. The summed E-state index contributed by atoms with van der Waals surface area (Å²) in [7, 11) is 0. The van der Waals surface area contributed by atoms with Gasteiger partial charge in [-0.1, -0.05) is 29.8 Å². The molecule has 0 fully saturated rings. The van der Waals surface area contributed by atoms with Crippen LogP contribution in [0.2, 0.25) is 5.02 Å². The number of hydrogen-bond donors (Lipinski definition) is 1. The van der Waals surface area contributed by atoms with Crippen LogP contribution in [0, 0.1) is 6.92 Å². The van der Waals surface area contributed by atoms with Crippen LogP contribution in [0.1, 0.15) is 12.0 Å². The normalized spacial score (nSPS) is 10.1. The van der Waals surface area contributed by atoms with Crippen LogP contribution in [0.15, 0.2) is 30.9 Å². The number of aryl methyl sites for hydroxylation is 1. The van der Waals surface area contributed by atoms with Crippen molar-refractivity contribution >= 4 is 11.6 Å². The van der Waals surface area contributed by atoms with Crippen LogP contribution in [-0.4, -0.2) is 19.7 Å². The predicted octanol–water partition coefficient (Wildman–Crippen LogP) is 3.19. The Morgan fingerprint density at radius 1 is 1.50 bits per heavy atom. The van der Waals surface area contributed by atoms with Gasteiger partial charge in [0.1, 0.15) is 5.75 Å². The maximum atomic E-state index is 6.04. The molecule has 0 unspecified atom stereocenters. The van der Waals surface area contributed by atoms with Gasteiger partial charge in [0.05, 0.1) is 11.6 Å². The molecule has 0 radical (unpaired) electrons. The lowest BCUT2D eigenvalue weighted by molar-refractivity contribution is 0.307. The summed E-state index contributed by atoms with van der Waals surface area (Å²) in [5, 5.41) is 3.90. The van der Waals surface area contributed by atoms with Crippen LogP contribution in [0.25, 0.3) is 0 Å². The highest BCUT2D eigenvalue weighted by atomic mass is 35.5. The van der Waals surface area contributed by atoms with Crippen molar-refractivity contribution in [3.8, 4) is 5.75 Å². The van der Waals surface area contributed by atoms with Gasteiger partial charge in [-0.2, -0.15) is 0 Å². The van der Waals surface area contributed by atoms with Crippen molar-refractivity contribution in [2.75, 3.05) is 19.7 Å². The fourth-order valence-electron chi connectivity index (χ4n) is 1.37. The molecule has 3 heteroatoms. The minimum absolute atomic E-state index is 0.675. The second-order valence-electron chi connectivity index (χ2n) is 3.58. The molecule has 88 valence electrons. The van der Waals surface area contributed by atoms with Gasteiger partial charge in [0.15, 0.2) is 0 Å². The zero-order chi connectivity index (χ0) is 11.8. The topological polar surface area (TPSA) is 21.3 Å². The van der Waals surface area contributed by atoms with E-state index < -0.39 is 0 Å². The number of ether oxygens (including phenoxy) is 1. The zero-order valence-electron chi connectivity index (χ0n) is 9.63. The number of rotatable bonds is 7. The summed E-state index contributed by atoms with van der Waals surface area (Å²) in [5.74, 6) is 0.799. The molecular weight excluding hydrogens is 222 g/mol. The molecule has 0 spiro atoms. The van der Waals surface area contributed by atoms with Crippen molar-refractivity contribution in [3.05, 3.63) is 41.4 Å². The Bertz CT molecular complexity index is 318. The molecule has 0 saturated heterocycles. The molecule has 16 heavy (non-hydrogen) atoms. The molecule has 1 rings (SSSR count). The number of para-hydroxylation sites is 1. The van der Waals surface area contributed by atoms with Crippen molar-refractivity contribution in [1.29, 1.82) is 0 Å². The Labute approximate surface area is 102 Å². The van der Waals surface area contributed by atoms with Gasteiger partial charge in [-0.25, -0.2) is 0 Å². The first-order valence-electron chi connectivity index (χ1n) is 5.45. The van der Waals surface area contributed by atoms with Crippen molar-refractivity contribution in [2.24, 2.45) is 0 Å². The van der Waals surface area contributed by atoms with E-state index in [1.807, 2.05) is 31.2 Å². The molecule has 0 aliphatic heterocycles. The third kappa shape index (κ3) is 4.25. The summed E-state index contributed by atoms with van der Waals surface area (Å²) < 4.78 is 5.65. The first kappa shape index (κ1) is 13.1. The minimum atomic E-state index is 0.675. The molecule has 0 aromatic heterocycles. The Hall–Kier alpha value is -0.990. The zero-order valence-corrected chi connectivity index (χ0v) is 10.4. The van der Waals surface area contributed by atoms with Crippen LogP contribution >= 0.6 is 11.6 Å². The molecule has 0 saturated carbocycles. The van der Waals surface area contributed by atoms with Crippen LogP contribution < -0.4 is 10.1 Å². The second-order valence-corrected chi connectivity index (χ2v) is 3.99. The summed E-state index contributed by atoms with van der Waals surface area (Å²) in [5.41, 5.74) is 1.08. The van der Waals surface area contributed by atoms with Gasteiger partial charge in [0.25, 0.3) is 0 Å². The number of hydrogen-bond acceptors (Lipinski definition) is 2. The van der Waals surface area contributed by atoms with E-state index in [0.717, 1.165) is 30.8 Å². The van der Waals surface area contributed by atoms with Crippen LogP contribution in [-0.2, 0) is 0 Å². The predicted molar refractivity (Wildman–Crippen MR) is 69.4 cm³/mol. The summed E-state index contributed by atoms with van der Waals surface area (Å²) >= 11 is 6.04. The first-order chi connectivity index (χ1) is 7.75. The van der Waals surface area contributed by atoms with E-state index in [1.165, 1.54) is 0 Å². The monoisotopic (exact) mass is 239 g/mol. The summed E-state index contributed by atoms with van der Waals surface area (Å²) in [6.07, 6.45) is 2.80. The van der Waals surface area contributed by atoms with E-state index in [-0.39, 0.29) is 0 Å². The number of benzene rings is 1. The first-order valence-corrected chi connectivity index (χ1v) is 5.83. The highest BCUT2D eigenvalue weighted by Crippen LogP contribution is 2.27. The van der Waals surface area contributed by atoms with Crippen molar-refractivity contribution < 1.29 is 4.74 Å². The fraction of sp³-hybridized carbons (Fsp3) is 0.385.